The molecule has 0 radical (unpaired) electrons. The van der Waals surface area contributed by atoms with Crippen molar-refractivity contribution in [2.24, 2.45) is 0 Å². The zero-order chi connectivity index (χ0) is 28.3. The van der Waals surface area contributed by atoms with E-state index in [9.17, 15) is 83.1 Å². The van der Waals surface area contributed by atoms with E-state index >= 15 is 0 Å². The number of hydrogen-bond acceptors (Lipinski definition) is 3. The molecule has 0 spiro atoms. The van der Waals surface area contributed by atoms with Crippen molar-refractivity contribution in [2.45, 2.75) is 39.3 Å². The van der Waals surface area contributed by atoms with Crippen LogP contribution in [0.15, 0.2) is 24.3 Å². The van der Waals surface area contributed by atoms with Gasteiger partial charge >= 0.3 is 189 Å². The van der Waals surface area contributed by atoms with Crippen LogP contribution in [0.25, 0.3) is 0 Å². The summed E-state index contributed by atoms with van der Waals surface area (Å²) in [4.78, 5) is 0. The SMILES string of the molecule is O=S(=O)(OI(c1ccc(F)cc1)C(F)(F)C(F)(F)C(F)(F)C(F)(F)C(F)(F)C(F)(F)F)C(F)(F)F. The van der Waals surface area contributed by atoms with Gasteiger partial charge in [-0.15, -0.1) is 0 Å². The summed E-state index contributed by atoms with van der Waals surface area (Å²) in [6.45, 7) is 0. The van der Waals surface area contributed by atoms with E-state index in [1.54, 1.807) is 0 Å². The monoisotopic (exact) mass is 690 g/mol. The van der Waals surface area contributed by atoms with Gasteiger partial charge in [0.25, 0.3) is 0 Å². The maximum absolute atomic E-state index is 14.4. The Morgan fingerprint density at radius 3 is 1.31 bits per heavy atom. The molecule has 1 aromatic rings. The molecule has 0 bridgehead atoms. The zero-order valence-electron chi connectivity index (χ0n) is 15.2. The van der Waals surface area contributed by atoms with E-state index in [0.717, 1.165) is 0 Å². The van der Waals surface area contributed by atoms with Gasteiger partial charge in [-0.2, -0.15) is 0 Å². The molecule has 0 atom stereocenters. The van der Waals surface area contributed by atoms with Crippen LogP contribution in [0.2, 0.25) is 0 Å². The maximum atomic E-state index is 14.4. The summed E-state index contributed by atoms with van der Waals surface area (Å²) in [5.74, 6) is -34.5. The fraction of sp³-hybridized carbons (Fsp3) is 0.538. The van der Waals surface area contributed by atoms with Crippen LogP contribution >= 0.6 is 20.2 Å². The van der Waals surface area contributed by atoms with Crippen molar-refractivity contribution in [3.63, 3.8) is 0 Å². The predicted molar refractivity (Wildman–Crippen MR) is 86.0 cm³/mol. The van der Waals surface area contributed by atoms with E-state index in [1.165, 1.54) is 0 Å². The van der Waals surface area contributed by atoms with Crippen LogP contribution in [0.5, 0.6) is 0 Å². The van der Waals surface area contributed by atoms with Crippen molar-refractivity contribution in [1.82, 2.24) is 0 Å². The third-order valence-electron chi connectivity index (χ3n) is 3.54. The molecule has 0 fully saturated rings. The second kappa shape index (κ2) is 8.90. The minimum absolute atomic E-state index is 0.0534. The molecule has 0 aromatic heterocycles. The molecular weight excluding hydrogens is 686 g/mol. The molecule has 3 nitrogen and oxygen atoms in total. The van der Waals surface area contributed by atoms with E-state index in [2.05, 4.69) is 2.51 Å². The van der Waals surface area contributed by atoms with Gasteiger partial charge in [0.15, 0.2) is 0 Å². The molecule has 1 rings (SSSR count). The van der Waals surface area contributed by atoms with Crippen molar-refractivity contribution < 1.29 is 85.6 Å². The standard InChI is InChI=1S/C13H4F17IO3S/c14-5-1-3-6(4-2-5)31(34-35(32,33)13(28,29)30)12(26,27)10(21,22)8(17,18)7(15,16)9(19,20)11(23,24)25/h1-4H. The van der Waals surface area contributed by atoms with Crippen LogP contribution in [0.4, 0.5) is 74.6 Å². The van der Waals surface area contributed by atoms with Gasteiger partial charge in [0.05, 0.1) is 0 Å². The van der Waals surface area contributed by atoms with Crippen LogP contribution in [0.1, 0.15) is 0 Å². The Hall–Kier alpha value is -1.33. The molecule has 22 heteroatoms. The summed E-state index contributed by atoms with van der Waals surface area (Å²) in [6, 6.07) is -0.558. The molecule has 35 heavy (non-hydrogen) atoms. The van der Waals surface area contributed by atoms with Gasteiger partial charge < -0.3 is 0 Å². The molecule has 0 heterocycles. The Kier molecular flexibility index (Phi) is 8.06. The van der Waals surface area contributed by atoms with Gasteiger partial charge in [0, 0.05) is 0 Å². The first kappa shape index (κ1) is 31.7. The molecule has 0 amide bonds. The van der Waals surface area contributed by atoms with Gasteiger partial charge in [-0.1, -0.05) is 0 Å². The van der Waals surface area contributed by atoms with Crippen LogP contribution in [-0.2, 0) is 12.6 Å². The van der Waals surface area contributed by atoms with E-state index in [4.69, 9.17) is 0 Å². The molecule has 0 unspecified atom stereocenters. The number of rotatable bonds is 8. The van der Waals surface area contributed by atoms with E-state index < -0.39 is 79.0 Å². The Labute approximate surface area is 189 Å². The first-order valence-corrected chi connectivity index (χ1v) is 12.0. The molecule has 0 aliphatic carbocycles. The average Bonchev–Trinajstić information content (AvgIpc) is 2.64. The average molecular weight is 690 g/mol. The van der Waals surface area contributed by atoms with Crippen molar-refractivity contribution >= 4 is 30.4 Å². The summed E-state index contributed by atoms with van der Waals surface area (Å²) in [7, 11) is -7.43. The quantitative estimate of drug-likeness (QED) is 0.128. The summed E-state index contributed by atoms with van der Waals surface area (Å²) in [6.07, 6.45) is -7.74. The summed E-state index contributed by atoms with van der Waals surface area (Å²) < 4.78 is 239. The van der Waals surface area contributed by atoms with Crippen molar-refractivity contribution in [3.8, 4) is 0 Å². The van der Waals surface area contributed by atoms with Gasteiger partial charge in [-0.05, 0) is 0 Å². The van der Waals surface area contributed by atoms with Crippen molar-refractivity contribution in [1.29, 1.82) is 0 Å². The van der Waals surface area contributed by atoms with E-state index in [0.29, 0.717) is 0 Å². The molecule has 0 saturated carbocycles. The molecule has 206 valence electrons. The third-order valence-corrected chi connectivity index (χ3v) is 10.7. The summed E-state index contributed by atoms with van der Waals surface area (Å²) in [5, 5.41) is 0. The first-order valence-electron chi connectivity index (χ1n) is 7.52. The summed E-state index contributed by atoms with van der Waals surface area (Å²) in [5.41, 5.74) is -6.73. The molecule has 0 N–H and O–H groups in total. The fourth-order valence-corrected chi connectivity index (χ4v) is 8.20. The molecule has 0 saturated heterocycles. The Morgan fingerprint density at radius 2 is 0.971 bits per heavy atom. The van der Waals surface area contributed by atoms with Gasteiger partial charge in [0.1, 0.15) is 0 Å². The number of hydrogen-bond donors (Lipinski definition) is 0. The Bertz CT molecular complexity index is 1010. The van der Waals surface area contributed by atoms with Crippen LogP contribution < -0.4 is 0 Å². The second-order valence-electron chi connectivity index (χ2n) is 5.94. The van der Waals surface area contributed by atoms with Crippen LogP contribution in [0.3, 0.4) is 0 Å². The normalized spacial score (nSPS) is 15.9. The van der Waals surface area contributed by atoms with Gasteiger partial charge in [-0.25, -0.2) is 0 Å². The Morgan fingerprint density at radius 1 is 0.600 bits per heavy atom. The Balaban J connectivity index is 3.85. The fourth-order valence-electron chi connectivity index (χ4n) is 1.73. The predicted octanol–water partition coefficient (Wildman–Crippen LogP) is 6.98. The van der Waals surface area contributed by atoms with Crippen LogP contribution in [0, 0.1) is 9.39 Å². The van der Waals surface area contributed by atoms with E-state index in [-0.39, 0.29) is 24.3 Å². The second-order valence-corrected chi connectivity index (χ2v) is 12.5. The molecule has 0 aliphatic heterocycles. The number of benzene rings is 1. The number of halogens is 18. The third kappa shape index (κ3) is 5.09. The van der Waals surface area contributed by atoms with Crippen molar-refractivity contribution in [3.05, 3.63) is 33.7 Å². The summed E-state index contributed by atoms with van der Waals surface area (Å²) >= 11 is -7.08. The molecule has 0 aliphatic rings. The molecule has 1 aromatic carbocycles. The minimum atomic E-state index is -8.40. The number of alkyl halides is 17. The van der Waals surface area contributed by atoms with E-state index in [1.807, 2.05) is 0 Å². The van der Waals surface area contributed by atoms with Gasteiger partial charge in [-0.3, -0.25) is 0 Å². The zero-order valence-corrected chi connectivity index (χ0v) is 18.2. The van der Waals surface area contributed by atoms with Crippen molar-refractivity contribution in [2.75, 3.05) is 0 Å². The van der Waals surface area contributed by atoms with Crippen LogP contribution in [-0.4, -0.2) is 47.7 Å². The first-order chi connectivity index (χ1) is 15.1. The molecular formula is C13H4F17IO3S. The topological polar surface area (TPSA) is 43.4 Å². The van der Waals surface area contributed by atoms with Gasteiger partial charge in [0.2, 0.25) is 0 Å².